The predicted octanol–water partition coefficient (Wildman–Crippen LogP) is 4.02. The largest absolute Gasteiger partial charge is 0.481 e. The maximum Gasteiger partial charge on any atom is 0.411 e. The highest BCUT2D eigenvalue weighted by Crippen LogP contribution is 2.34. The van der Waals surface area contributed by atoms with Crippen LogP contribution in [0.3, 0.4) is 0 Å². The van der Waals surface area contributed by atoms with Crippen molar-refractivity contribution in [3.8, 4) is 0 Å². The number of rotatable bonds is 10. The van der Waals surface area contributed by atoms with Gasteiger partial charge in [0.1, 0.15) is 6.61 Å². The van der Waals surface area contributed by atoms with Gasteiger partial charge in [-0.15, -0.1) is 0 Å². The molecule has 0 heterocycles. The Hall–Kier alpha value is -0.780. The Balaban J connectivity index is 4.16. The van der Waals surface area contributed by atoms with E-state index in [0.29, 0.717) is 25.7 Å². The molecule has 0 saturated carbocycles. The third kappa shape index (κ3) is 7.40. The van der Waals surface area contributed by atoms with E-state index in [-0.39, 0.29) is 6.61 Å². The van der Waals surface area contributed by atoms with Crippen LogP contribution in [0.4, 0.5) is 13.2 Å². The van der Waals surface area contributed by atoms with Crippen molar-refractivity contribution in [2.75, 3.05) is 13.2 Å². The fourth-order valence-electron chi connectivity index (χ4n) is 2.06. The van der Waals surface area contributed by atoms with Crippen LogP contribution in [0.15, 0.2) is 0 Å². The minimum Gasteiger partial charge on any atom is -0.481 e. The zero-order valence-electron chi connectivity index (χ0n) is 11.6. The summed E-state index contributed by atoms with van der Waals surface area (Å²) in [5.74, 6) is -0.862. The summed E-state index contributed by atoms with van der Waals surface area (Å²) in [4.78, 5) is 11.4. The van der Waals surface area contributed by atoms with Gasteiger partial charge in [0.15, 0.2) is 0 Å². The topological polar surface area (TPSA) is 46.5 Å². The lowest BCUT2D eigenvalue weighted by atomic mass is 9.76. The molecule has 0 fully saturated rings. The molecule has 0 saturated heterocycles. The Morgan fingerprint density at radius 3 is 2.16 bits per heavy atom. The maximum absolute atomic E-state index is 11.9. The van der Waals surface area contributed by atoms with E-state index in [4.69, 9.17) is 0 Å². The maximum atomic E-state index is 11.9. The van der Waals surface area contributed by atoms with E-state index in [1.807, 2.05) is 6.92 Å². The average Bonchev–Trinajstić information content (AvgIpc) is 2.31. The number of carboxylic acids is 1. The molecule has 0 aromatic heterocycles. The molecule has 0 aromatic carbocycles. The van der Waals surface area contributed by atoms with E-state index >= 15 is 0 Å². The lowest BCUT2D eigenvalue weighted by Crippen LogP contribution is -2.31. The van der Waals surface area contributed by atoms with Crippen molar-refractivity contribution in [2.45, 2.75) is 58.5 Å². The average molecular weight is 284 g/mol. The summed E-state index contributed by atoms with van der Waals surface area (Å²) in [5.41, 5.74) is -0.822. The van der Waals surface area contributed by atoms with Gasteiger partial charge < -0.3 is 9.84 Å². The standard InChI is InChI=1S/C13H23F3O3/c1-3-5-7-12(4-2,11(17)18)8-6-9-19-10-13(14,15)16/h3-10H2,1-2H3,(H,17,18). The first kappa shape index (κ1) is 18.2. The fraction of sp³-hybridized carbons (Fsp3) is 0.923. The molecule has 0 rings (SSSR count). The summed E-state index contributed by atoms with van der Waals surface area (Å²) < 4.78 is 40.1. The van der Waals surface area contributed by atoms with E-state index in [0.717, 1.165) is 12.8 Å². The van der Waals surface area contributed by atoms with Crippen LogP contribution in [0, 0.1) is 5.41 Å². The van der Waals surface area contributed by atoms with Crippen molar-refractivity contribution in [3.63, 3.8) is 0 Å². The van der Waals surface area contributed by atoms with Gasteiger partial charge >= 0.3 is 12.1 Å². The number of unbranched alkanes of at least 4 members (excludes halogenated alkanes) is 1. The number of ether oxygens (including phenoxy) is 1. The van der Waals surface area contributed by atoms with E-state index < -0.39 is 24.2 Å². The molecule has 6 heteroatoms. The Kier molecular flexibility index (Phi) is 8.06. The Morgan fingerprint density at radius 2 is 1.74 bits per heavy atom. The fourth-order valence-corrected chi connectivity index (χ4v) is 2.06. The first-order valence-electron chi connectivity index (χ1n) is 6.65. The van der Waals surface area contributed by atoms with Gasteiger partial charge in [0, 0.05) is 6.61 Å². The minimum atomic E-state index is -4.32. The smallest absolute Gasteiger partial charge is 0.411 e. The molecule has 1 atom stereocenters. The van der Waals surface area contributed by atoms with Gasteiger partial charge in [-0.25, -0.2) is 0 Å². The first-order valence-corrected chi connectivity index (χ1v) is 6.65. The SMILES string of the molecule is CCCCC(CC)(CCCOCC(F)(F)F)C(=O)O. The second-order valence-corrected chi connectivity index (χ2v) is 4.81. The number of hydrogen-bond acceptors (Lipinski definition) is 2. The minimum absolute atomic E-state index is 0.0549. The van der Waals surface area contributed by atoms with Crippen LogP contribution in [-0.4, -0.2) is 30.5 Å². The number of carbonyl (C=O) groups is 1. The molecule has 0 aromatic rings. The molecule has 0 bridgehead atoms. The second kappa shape index (κ2) is 8.40. The summed E-state index contributed by atoms with van der Waals surface area (Å²) >= 11 is 0. The molecule has 0 amide bonds. The highest BCUT2D eigenvalue weighted by atomic mass is 19.4. The van der Waals surface area contributed by atoms with E-state index in [9.17, 15) is 23.1 Å². The Bertz CT molecular complexity index is 266. The monoisotopic (exact) mass is 284 g/mol. The van der Waals surface area contributed by atoms with Gasteiger partial charge in [0.05, 0.1) is 5.41 Å². The molecule has 0 spiro atoms. The van der Waals surface area contributed by atoms with Crippen LogP contribution in [0.25, 0.3) is 0 Å². The van der Waals surface area contributed by atoms with Gasteiger partial charge in [0.2, 0.25) is 0 Å². The summed E-state index contributed by atoms with van der Waals surface area (Å²) in [5, 5.41) is 9.32. The molecule has 3 nitrogen and oxygen atoms in total. The molecule has 0 aliphatic heterocycles. The van der Waals surface area contributed by atoms with Gasteiger partial charge in [-0.1, -0.05) is 26.7 Å². The van der Waals surface area contributed by atoms with Crippen molar-refractivity contribution >= 4 is 5.97 Å². The Labute approximate surface area is 112 Å². The molecular formula is C13H23F3O3. The van der Waals surface area contributed by atoms with Gasteiger partial charge in [-0.2, -0.15) is 13.2 Å². The van der Waals surface area contributed by atoms with Crippen LogP contribution in [-0.2, 0) is 9.53 Å². The lowest BCUT2D eigenvalue weighted by molar-refractivity contribution is -0.174. The highest BCUT2D eigenvalue weighted by Gasteiger charge is 2.35. The summed E-state index contributed by atoms with van der Waals surface area (Å²) in [6.07, 6.45) is -0.868. The van der Waals surface area contributed by atoms with Crippen LogP contribution in [0.5, 0.6) is 0 Å². The molecule has 19 heavy (non-hydrogen) atoms. The number of halogens is 3. The number of aliphatic carboxylic acids is 1. The summed E-state index contributed by atoms with van der Waals surface area (Å²) in [6, 6.07) is 0. The number of alkyl halides is 3. The van der Waals surface area contributed by atoms with Crippen molar-refractivity contribution < 1.29 is 27.8 Å². The summed E-state index contributed by atoms with van der Waals surface area (Å²) in [6.45, 7) is 2.46. The molecule has 0 aliphatic carbocycles. The van der Waals surface area contributed by atoms with Crippen LogP contribution in [0.2, 0.25) is 0 Å². The number of hydrogen-bond donors (Lipinski definition) is 1. The van der Waals surface area contributed by atoms with Crippen molar-refractivity contribution in [2.24, 2.45) is 5.41 Å². The summed E-state index contributed by atoms with van der Waals surface area (Å²) in [7, 11) is 0. The molecule has 1 unspecified atom stereocenters. The second-order valence-electron chi connectivity index (χ2n) is 4.81. The van der Waals surface area contributed by atoms with E-state index in [1.165, 1.54) is 0 Å². The van der Waals surface area contributed by atoms with Crippen molar-refractivity contribution in [3.05, 3.63) is 0 Å². The highest BCUT2D eigenvalue weighted by molar-refractivity contribution is 5.74. The van der Waals surface area contributed by atoms with E-state index in [1.54, 1.807) is 6.92 Å². The van der Waals surface area contributed by atoms with Crippen LogP contribution in [0.1, 0.15) is 52.4 Å². The van der Waals surface area contributed by atoms with Crippen molar-refractivity contribution in [1.29, 1.82) is 0 Å². The molecule has 1 N–H and O–H groups in total. The zero-order valence-corrected chi connectivity index (χ0v) is 11.6. The number of carboxylic acid groups (broad SMARTS) is 1. The third-order valence-electron chi connectivity index (χ3n) is 3.35. The molecule has 114 valence electrons. The molecule has 0 radical (unpaired) electrons. The van der Waals surface area contributed by atoms with Crippen molar-refractivity contribution in [1.82, 2.24) is 0 Å². The normalized spacial score (nSPS) is 15.2. The van der Waals surface area contributed by atoms with Gasteiger partial charge in [0.25, 0.3) is 0 Å². The first-order chi connectivity index (χ1) is 8.77. The lowest BCUT2D eigenvalue weighted by Gasteiger charge is -2.28. The van der Waals surface area contributed by atoms with Gasteiger partial charge in [-0.3, -0.25) is 4.79 Å². The van der Waals surface area contributed by atoms with Crippen LogP contribution >= 0.6 is 0 Å². The molecule has 0 aliphatic rings. The Morgan fingerprint density at radius 1 is 1.16 bits per heavy atom. The third-order valence-corrected chi connectivity index (χ3v) is 3.35. The van der Waals surface area contributed by atoms with E-state index in [2.05, 4.69) is 4.74 Å². The molecular weight excluding hydrogens is 261 g/mol. The van der Waals surface area contributed by atoms with Gasteiger partial charge in [-0.05, 0) is 25.7 Å². The van der Waals surface area contributed by atoms with Crippen LogP contribution < -0.4 is 0 Å². The quantitative estimate of drug-likeness (QED) is 0.616. The zero-order chi connectivity index (χ0) is 14.9. The predicted molar refractivity (Wildman–Crippen MR) is 66.0 cm³/mol.